The molecule has 0 amide bonds. The van der Waals surface area contributed by atoms with Crippen LogP contribution in [0.1, 0.15) is 24.0 Å². The van der Waals surface area contributed by atoms with Crippen LogP contribution in [0.15, 0.2) is 42.6 Å². The first-order valence-corrected chi connectivity index (χ1v) is 8.25. The third-order valence-electron chi connectivity index (χ3n) is 4.78. The fraction of sp³-hybridized carbons (Fsp3) is 0.368. The molecule has 5 nitrogen and oxygen atoms in total. The molecule has 1 aliphatic heterocycles. The lowest BCUT2D eigenvalue weighted by Crippen LogP contribution is -2.44. The van der Waals surface area contributed by atoms with Crippen molar-refractivity contribution >= 4 is 18.0 Å². The van der Waals surface area contributed by atoms with Gasteiger partial charge in [-0.15, -0.1) is 0 Å². The fourth-order valence-electron chi connectivity index (χ4n) is 3.40. The Kier molecular flexibility index (Phi) is 4.69. The van der Waals surface area contributed by atoms with Crippen LogP contribution in [0, 0.1) is 6.92 Å². The summed E-state index contributed by atoms with van der Waals surface area (Å²) in [7, 11) is 1.84. The number of anilines is 2. The molecule has 0 bridgehead atoms. The number of ether oxygens (including phenoxy) is 1. The normalized spacial score (nSPS) is 16.5. The molecule has 1 saturated heterocycles. The van der Waals surface area contributed by atoms with Gasteiger partial charge in [0.2, 0.25) is 0 Å². The number of nitrogens with one attached hydrogen (secondary N) is 1. The van der Waals surface area contributed by atoms with Crippen molar-refractivity contribution < 1.29 is 9.53 Å². The molecule has 3 rings (SSSR count). The molecule has 0 saturated carbocycles. The summed E-state index contributed by atoms with van der Waals surface area (Å²) in [6.45, 7) is 4.31. The van der Waals surface area contributed by atoms with Gasteiger partial charge in [-0.2, -0.15) is 0 Å². The number of aromatic nitrogens is 1. The number of aryl methyl sites for hydroxylation is 1. The number of pyridine rings is 1. The van der Waals surface area contributed by atoms with Crippen molar-refractivity contribution in [3.05, 3.63) is 53.7 Å². The minimum absolute atomic E-state index is 0.563. The van der Waals surface area contributed by atoms with Gasteiger partial charge >= 0.3 is 0 Å². The Labute approximate surface area is 142 Å². The average Bonchev–Trinajstić information content (AvgIpc) is 2.63. The van der Waals surface area contributed by atoms with Crippen molar-refractivity contribution in [2.24, 2.45) is 0 Å². The summed E-state index contributed by atoms with van der Waals surface area (Å²) in [6, 6.07) is 12.4. The van der Waals surface area contributed by atoms with Crippen LogP contribution in [0.25, 0.3) is 0 Å². The number of benzene rings is 1. The number of hydrogen-bond donors (Lipinski definition) is 1. The second kappa shape index (κ2) is 6.91. The zero-order valence-electron chi connectivity index (χ0n) is 14.2. The highest BCUT2D eigenvalue weighted by Crippen LogP contribution is 2.40. The summed E-state index contributed by atoms with van der Waals surface area (Å²) >= 11 is 0. The quantitative estimate of drug-likeness (QED) is 0.856. The maximum Gasteiger partial charge on any atom is 0.293 e. The summed E-state index contributed by atoms with van der Waals surface area (Å²) in [5.41, 5.74) is 2.79. The molecule has 24 heavy (non-hydrogen) atoms. The molecule has 1 aromatic heterocycles. The van der Waals surface area contributed by atoms with Gasteiger partial charge in [-0.3, -0.25) is 4.79 Å². The van der Waals surface area contributed by atoms with Gasteiger partial charge < -0.3 is 15.0 Å². The Morgan fingerprint density at radius 3 is 2.54 bits per heavy atom. The lowest BCUT2D eigenvalue weighted by molar-refractivity contribution is -0.147. The van der Waals surface area contributed by atoms with E-state index in [1.54, 1.807) is 6.20 Å². The van der Waals surface area contributed by atoms with Gasteiger partial charge in [-0.25, -0.2) is 4.98 Å². The molecule has 5 heteroatoms. The zero-order chi connectivity index (χ0) is 17.0. The first-order chi connectivity index (χ1) is 11.7. The van der Waals surface area contributed by atoms with Crippen LogP contribution in [0.2, 0.25) is 0 Å². The zero-order valence-corrected chi connectivity index (χ0v) is 14.2. The molecule has 1 N–H and O–H groups in total. The minimum atomic E-state index is -0.616. The van der Waals surface area contributed by atoms with Gasteiger partial charge in [0.15, 0.2) is 0 Å². The molecule has 0 aliphatic carbocycles. The highest BCUT2D eigenvalue weighted by Gasteiger charge is 2.40. The number of carbonyl (C=O) groups is 1. The molecular formula is C19H23N3O2. The number of hydrogen-bond acceptors (Lipinski definition) is 5. The van der Waals surface area contributed by atoms with E-state index in [2.05, 4.69) is 46.4 Å². The van der Waals surface area contributed by atoms with Crippen molar-refractivity contribution in [3.8, 4) is 0 Å². The molecule has 0 unspecified atom stereocenters. The van der Waals surface area contributed by atoms with Gasteiger partial charge in [0, 0.05) is 50.4 Å². The predicted octanol–water partition coefficient (Wildman–Crippen LogP) is 3.10. The van der Waals surface area contributed by atoms with Gasteiger partial charge in [0.1, 0.15) is 11.4 Å². The van der Waals surface area contributed by atoms with Crippen LogP contribution in [0.5, 0.6) is 0 Å². The summed E-state index contributed by atoms with van der Waals surface area (Å²) < 4.78 is 5.62. The number of carbonyl (C=O) groups excluding carboxylic acids is 1. The van der Waals surface area contributed by atoms with Crippen LogP contribution in [0.4, 0.5) is 11.5 Å². The Morgan fingerprint density at radius 1 is 1.21 bits per heavy atom. The van der Waals surface area contributed by atoms with Crippen molar-refractivity contribution in [2.45, 2.75) is 25.4 Å². The van der Waals surface area contributed by atoms with E-state index >= 15 is 0 Å². The van der Waals surface area contributed by atoms with E-state index in [9.17, 15) is 4.79 Å². The Morgan fingerprint density at radius 2 is 1.92 bits per heavy atom. The van der Waals surface area contributed by atoms with Gasteiger partial charge in [0.05, 0.1) is 0 Å². The largest absolute Gasteiger partial charge is 0.456 e. The van der Waals surface area contributed by atoms with E-state index < -0.39 is 5.60 Å². The molecule has 0 atom stereocenters. The van der Waals surface area contributed by atoms with Crippen LogP contribution in [-0.2, 0) is 15.1 Å². The Hall–Kier alpha value is -2.56. The van der Waals surface area contributed by atoms with E-state index in [0.717, 1.165) is 37.3 Å². The highest BCUT2D eigenvalue weighted by atomic mass is 16.5. The van der Waals surface area contributed by atoms with Crippen molar-refractivity contribution in [1.29, 1.82) is 0 Å². The topological polar surface area (TPSA) is 54.5 Å². The summed E-state index contributed by atoms with van der Waals surface area (Å²) in [5, 5.41) is 3.10. The summed E-state index contributed by atoms with van der Waals surface area (Å²) in [5.74, 6) is 0.767. The van der Waals surface area contributed by atoms with E-state index in [1.807, 2.05) is 19.2 Å². The first kappa shape index (κ1) is 16.3. The molecule has 126 valence electrons. The van der Waals surface area contributed by atoms with Crippen LogP contribution in [0.3, 0.4) is 0 Å². The van der Waals surface area contributed by atoms with E-state index in [1.165, 1.54) is 11.3 Å². The second-order valence-corrected chi connectivity index (χ2v) is 6.18. The summed E-state index contributed by atoms with van der Waals surface area (Å²) in [6.07, 6.45) is 3.21. The monoisotopic (exact) mass is 325 g/mol. The summed E-state index contributed by atoms with van der Waals surface area (Å²) in [4.78, 5) is 17.9. The molecule has 2 aromatic rings. The van der Waals surface area contributed by atoms with Crippen LogP contribution in [-0.4, -0.2) is 31.6 Å². The van der Waals surface area contributed by atoms with Gasteiger partial charge in [-0.1, -0.05) is 17.7 Å². The lowest BCUT2D eigenvalue weighted by atomic mass is 9.84. The van der Waals surface area contributed by atoms with Gasteiger partial charge in [0.25, 0.3) is 6.47 Å². The molecule has 1 fully saturated rings. The van der Waals surface area contributed by atoms with Gasteiger partial charge in [-0.05, 0) is 31.2 Å². The van der Waals surface area contributed by atoms with Crippen LogP contribution >= 0.6 is 0 Å². The molecule has 2 heterocycles. The van der Waals surface area contributed by atoms with Crippen molar-refractivity contribution in [2.75, 3.05) is 30.4 Å². The third kappa shape index (κ3) is 3.07. The SMILES string of the molecule is CNc1ncccc1C1(OC=O)CCN(c2ccc(C)cc2)CC1. The van der Waals surface area contributed by atoms with Crippen LogP contribution < -0.4 is 10.2 Å². The maximum absolute atomic E-state index is 11.2. The Balaban J connectivity index is 1.84. The smallest absolute Gasteiger partial charge is 0.293 e. The standard InChI is InChI=1S/C19H23N3O2/c1-15-5-7-16(8-6-15)22-12-9-19(10-13-22,24-14-23)17-4-3-11-21-18(17)20-2/h3-8,11,14H,9-10,12-13H2,1-2H3,(H,20,21). The molecule has 1 aliphatic rings. The first-order valence-electron chi connectivity index (χ1n) is 8.25. The van der Waals surface area contributed by atoms with E-state index in [-0.39, 0.29) is 0 Å². The molecule has 0 radical (unpaired) electrons. The molecule has 1 aromatic carbocycles. The third-order valence-corrected chi connectivity index (χ3v) is 4.78. The number of rotatable bonds is 5. The Bertz CT molecular complexity index is 692. The second-order valence-electron chi connectivity index (χ2n) is 6.18. The lowest BCUT2D eigenvalue weighted by Gasteiger charge is -2.42. The predicted molar refractivity (Wildman–Crippen MR) is 95.2 cm³/mol. The van der Waals surface area contributed by atoms with Crippen molar-refractivity contribution in [1.82, 2.24) is 4.98 Å². The fourth-order valence-corrected chi connectivity index (χ4v) is 3.40. The van der Waals surface area contributed by atoms with Crippen molar-refractivity contribution in [3.63, 3.8) is 0 Å². The average molecular weight is 325 g/mol. The maximum atomic E-state index is 11.2. The minimum Gasteiger partial charge on any atom is -0.456 e. The number of nitrogens with zero attached hydrogens (tertiary/aromatic N) is 2. The van der Waals surface area contributed by atoms with E-state index in [0.29, 0.717) is 6.47 Å². The van der Waals surface area contributed by atoms with E-state index in [4.69, 9.17) is 4.74 Å². The molecular weight excluding hydrogens is 302 g/mol. The molecule has 0 spiro atoms. The highest BCUT2D eigenvalue weighted by molar-refractivity contribution is 5.52. The number of piperidine rings is 1.